The van der Waals surface area contributed by atoms with Crippen LogP contribution < -0.4 is 0 Å². The SMILES string of the molecule is Cc1cc(C(=O)N2CCC(Cl)CC2)ccc1F. The van der Waals surface area contributed by atoms with Gasteiger partial charge in [-0.05, 0) is 43.5 Å². The lowest BCUT2D eigenvalue weighted by atomic mass is 10.1. The maximum absolute atomic E-state index is 13.1. The van der Waals surface area contributed by atoms with Crippen LogP contribution in [0.25, 0.3) is 0 Å². The van der Waals surface area contributed by atoms with E-state index in [1.807, 2.05) is 0 Å². The Balaban J connectivity index is 2.11. The molecule has 92 valence electrons. The molecule has 0 atom stereocenters. The number of carbonyl (C=O) groups excluding carboxylic acids is 1. The van der Waals surface area contributed by atoms with Crippen LogP contribution in [0.1, 0.15) is 28.8 Å². The smallest absolute Gasteiger partial charge is 0.253 e. The van der Waals surface area contributed by atoms with Crippen molar-refractivity contribution >= 4 is 17.5 Å². The first-order chi connectivity index (χ1) is 8.08. The van der Waals surface area contributed by atoms with Crippen LogP contribution in [0, 0.1) is 12.7 Å². The van der Waals surface area contributed by atoms with Gasteiger partial charge in [0, 0.05) is 24.0 Å². The second-order valence-corrected chi connectivity index (χ2v) is 5.05. The van der Waals surface area contributed by atoms with E-state index in [1.165, 1.54) is 12.1 Å². The average molecular weight is 256 g/mol. The zero-order chi connectivity index (χ0) is 12.4. The minimum absolute atomic E-state index is 0.0309. The summed E-state index contributed by atoms with van der Waals surface area (Å²) in [4.78, 5) is 13.9. The number of piperidine rings is 1. The highest BCUT2D eigenvalue weighted by Crippen LogP contribution is 2.18. The van der Waals surface area contributed by atoms with Crippen LogP contribution >= 0.6 is 11.6 Å². The van der Waals surface area contributed by atoms with Gasteiger partial charge in [-0.2, -0.15) is 0 Å². The molecule has 4 heteroatoms. The molecule has 0 aliphatic carbocycles. The van der Waals surface area contributed by atoms with Gasteiger partial charge in [-0.1, -0.05) is 0 Å². The maximum Gasteiger partial charge on any atom is 0.253 e. The van der Waals surface area contributed by atoms with Crippen molar-refractivity contribution in [2.24, 2.45) is 0 Å². The predicted molar refractivity (Wildman–Crippen MR) is 65.9 cm³/mol. The summed E-state index contributed by atoms with van der Waals surface area (Å²) in [5.74, 6) is -0.308. The lowest BCUT2D eigenvalue weighted by Crippen LogP contribution is -2.38. The number of hydrogen-bond donors (Lipinski definition) is 0. The second-order valence-electron chi connectivity index (χ2n) is 4.43. The number of carbonyl (C=O) groups is 1. The van der Waals surface area contributed by atoms with E-state index < -0.39 is 0 Å². The van der Waals surface area contributed by atoms with Crippen molar-refractivity contribution in [1.29, 1.82) is 0 Å². The van der Waals surface area contributed by atoms with Gasteiger partial charge >= 0.3 is 0 Å². The van der Waals surface area contributed by atoms with Crippen LogP contribution in [0.2, 0.25) is 0 Å². The molecule has 0 unspecified atom stereocenters. The fourth-order valence-corrected chi connectivity index (χ4v) is 2.21. The standard InChI is InChI=1S/C13H15ClFNO/c1-9-8-10(2-3-12(9)15)13(17)16-6-4-11(14)5-7-16/h2-3,8,11H,4-7H2,1H3. The van der Waals surface area contributed by atoms with Crippen molar-refractivity contribution in [3.63, 3.8) is 0 Å². The molecule has 2 nitrogen and oxygen atoms in total. The van der Waals surface area contributed by atoms with Crippen molar-refractivity contribution in [2.45, 2.75) is 25.1 Å². The third kappa shape index (κ3) is 2.78. The normalized spacial score (nSPS) is 17.2. The Labute approximate surface area is 105 Å². The van der Waals surface area contributed by atoms with Gasteiger partial charge < -0.3 is 4.90 Å². The molecule has 1 amide bonds. The molecule has 0 saturated carbocycles. The third-order valence-corrected chi connectivity index (χ3v) is 3.55. The Morgan fingerprint density at radius 3 is 2.65 bits per heavy atom. The van der Waals surface area contributed by atoms with Crippen LogP contribution in [0.3, 0.4) is 0 Å². The van der Waals surface area contributed by atoms with Gasteiger partial charge in [-0.3, -0.25) is 4.79 Å². The molecule has 17 heavy (non-hydrogen) atoms. The molecule has 1 fully saturated rings. The van der Waals surface area contributed by atoms with Gasteiger partial charge in [0.05, 0.1) is 0 Å². The van der Waals surface area contributed by atoms with Gasteiger partial charge in [-0.25, -0.2) is 4.39 Å². The fraction of sp³-hybridized carbons (Fsp3) is 0.462. The van der Waals surface area contributed by atoms with Gasteiger partial charge in [0.1, 0.15) is 5.82 Å². The van der Waals surface area contributed by atoms with Gasteiger partial charge in [0.15, 0.2) is 0 Å². The molecular weight excluding hydrogens is 241 g/mol. The van der Waals surface area contributed by atoms with E-state index in [0.29, 0.717) is 24.2 Å². The first-order valence-electron chi connectivity index (χ1n) is 5.77. The minimum atomic E-state index is -0.277. The Kier molecular flexibility index (Phi) is 3.67. The quantitative estimate of drug-likeness (QED) is 0.707. The molecule has 1 heterocycles. The second kappa shape index (κ2) is 5.05. The lowest BCUT2D eigenvalue weighted by molar-refractivity contribution is 0.0726. The van der Waals surface area contributed by atoms with E-state index in [-0.39, 0.29) is 17.1 Å². The zero-order valence-electron chi connectivity index (χ0n) is 9.75. The number of alkyl halides is 1. The Hall–Kier alpha value is -1.09. The monoisotopic (exact) mass is 255 g/mol. The van der Waals surface area contributed by atoms with Crippen molar-refractivity contribution < 1.29 is 9.18 Å². The number of aryl methyl sites for hydroxylation is 1. The van der Waals surface area contributed by atoms with Gasteiger partial charge in [-0.15, -0.1) is 11.6 Å². The summed E-state index contributed by atoms with van der Waals surface area (Å²) in [5, 5.41) is 0.175. The molecule has 0 N–H and O–H groups in total. The predicted octanol–water partition coefficient (Wildman–Crippen LogP) is 2.98. The molecular formula is C13H15ClFNO. The summed E-state index contributed by atoms with van der Waals surface area (Å²) in [6.07, 6.45) is 1.65. The number of benzene rings is 1. The highest BCUT2D eigenvalue weighted by Gasteiger charge is 2.22. The maximum atomic E-state index is 13.1. The van der Waals surface area contributed by atoms with Crippen molar-refractivity contribution in [1.82, 2.24) is 4.90 Å². The molecule has 1 aliphatic rings. The molecule has 0 radical (unpaired) electrons. The molecule has 1 aromatic carbocycles. The van der Waals surface area contributed by atoms with Crippen molar-refractivity contribution in [2.75, 3.05) is 13.1 Å². The van der Waals surface area contributed by atoms with E-state index in [4.69, 9.17) is 11.6 Å². The summed E-state index contributed by atoms with van der Waals surface area (Å²) in [6.45, 7) is 3.03. The molecule has 1 aromatic rings. The van der Waals surface area contributed by atoms with Crippen LogP contribution in [0.5, 0.6) is 0 Å². The number of amides is 1. The molecule has 0 bridgehead atoms. The number of likely N-dealkylation sites (tertiary alicyclic amines) is 1. The molecule has 1 saturated heterocycles. The van der Waals surface area contributed by atoms with E-state index in [2.05, 4.69) is 0 Å². The first-order valence-corrected chi connectivity index (χ1v) is 6.21. The van der Waals surface area contributed by atoms with Crippen LogP contribution in [-0.4, -0.2) is 29.3 Å². The van der Waals surface area contributed by atoms with Gasteiger partial charge in [0.25, 0.3) is 5.91 Å². The molecule has 2 rings (SSSR count). The van der Waals surface area contributed by atoms with Gasteiger partial charge in [0.2, 0.25) is 0 Å². The van der Waals surface area contributed by atoms with Crippen LogP contribution in [0.4, 0.5) is 4.39 Å². The highest BCUT2D eigenvalue weighted by atomic mass is 35.5. The molecule has 0 spiro atoms. The van der Waals surface area contributed by atoms with Crippen molar-refractivity contribution in [3.05, 3.63) is 35.1 Å². The summed E-state index contributed by atoms with van der Waals surface area (Å²) >= 11 is 5.99. The first kappa shape index (κ1) is 12.4. The Bertz CT molecular complexity index is 427. The zero-order valence-corrected chi connectivity index (χ0v) is 10.5. The minimum Gasteiger partial charge on any atom is -0.339 e. The van der Waals surface area contributed by atoms with Crippen LogP contribution in [-0.2, 0) is 0 Å². The fourth-order valence-electron chi connectivity index (χ4n) is 2.01. The number of nitrogens with zero attached hydrogens (tertiary/aromatic N) is 1. The summed E-state index contributed by atoms with van der Waals surface area (Å²) < 4.78 is 13.1. The number of hydrogen-bond acceptors (Lipinski definition) is 1. The van der Waals surface area contributed by atoms with Crippen molar-refractivity contribution in [3.8, 4) is 0 Å². The topological polar surface area (TPSA) is 20.3 Å². The molecule has 0 aromatic heterocycles. The van der Waals surface area contributed by atoms with E-state index in [9.17, 15) is 9.18 Å². The third-order valence-electron chi connectivity index (χ3n) is 3.12. The largest absolute Gasteiger partial charge is 0.339 e. The number of rotatable bonds is 1. The molecule has 1 aliphatic heterocycles. The van der Waals surface area contributed by atoms with E-state index in [0.717, 1.165) is 12.8 Å². The average Bonchev–Trinajstić information content (AvgIpc) is 2.33. The summed E-state index contributed by atoms with van der Waals surface area (Å²) in [7, 11) is 0. The van der Waals surface area contributed by atoms with E-state index >= 15 is 0 Å². The number of halogens is 2. The Morgan fingerprint density at radius 1 is 1.41 bits per heavy atom. The Morgan fingerprint density at radius 2 is 2.06 bits per heavy atom. The van der Waals surface area contributed by atoms with Crippen LogP contribution in [0.15, 0.2) is 18.2 Å². The lowest BCUT2D eigenvalue weighted by Gasteiger charge is -2.29. The summed E-state index contributed by atoms with van der Waals surface area (Å²) in [5.41, 5.74) is 1.06. The van der Waals surface area contributed by atoms with E-state index in [1.54, 1.807) is 17.9 Å². The summed E-state index contributed by atoms with van der Waals surface area (Å²) in [6, 6.07) is 4.48. The highest BCUT2D eigenvalue weighted by molar-refractivity contribution is 6.20.